The fourth-order valence-electron chi connectivity index (χ4n) is 1.24. The van der Waals surface area contributed by atoms with Gasteiger partial charge in [0.1, 0.15) is 17.7 Å². The molecule has 1 aromatic rings. The molecule has 17 heavy (non-hydrogen) atoms. The Kier molecular flexibility index (Phi) is 4.01. The van der Waals surface area contributed by atoms with E-state index < -0.39 is 12.0 Å². The van der Waals surface area contributed by atoms with E-state index in [0.29, 0.717) is 17.3 Å². The summed E-state index contributed by atoms with van der Waals surface area (Å²) >= 11 is 0. The zero-order valence-electron chi connectivity index (χ0n) is 10.5. The van der Waals surface area contributed by atoms with Gasteiger partial charge < -0.3 is 15.7 Å². The van der Waals surface area contributed by atoms with E-state index in [1.165, 1.54) is 0 Å². The number of hydrogen-bond donors (Lipinski definition) is 2. The number of hydrogen-bond acceptors (Lipinski definition) is 5. The molecule has 0 saturated heterocycles. The monoisotopic (exact) mass is 238 g/mol. The zero-order valence-corrected chi connectivity index (χ0v) is 10.5. The summed E-state index contributed by atoms with van der Waals surface area (Å²) in [6, 6.07) is 0.485. The van der Waals surface area contributed by atoms with Crippen LogP contribution < -0.4 is 10.6 Å². The standard InChI is InChI=1S/C11H18N4O2/c1-6(2)10-13-7(9(12)11(16)17)5-8(14-10)15(3)4/h5-6,9H,12H2,1-4H3,(H,16,17). The molecule has 1 unspecified atom stereocenters. The van der Waals surface area contributed by atoms with Gasteiger partial charge >= 0.3 is 5.97 Å². The molecule has 1 heterocycles. The van der Waals surface area contributed by atoms with Crippen molar-refractivity contribution in [1.82, 2.24) is 9.97 Å². The summed E-state index contributed by atoms with van der Waals surface area (Å²) in [4.78, 5) is 21.2. The Morgan fingerprint density at radius 1 is 1.41 bits per heavy atom. The lowest BCUT2D eigenvalue weighted by atomic mass is 10.1. The van der Waals surface area contributed by atoms with E-state index in [1.54, 1.807) is 11.0 Å². The van der Waals surface area contributed by atoms with E-state index in [4.69, 9.17) is 10.8 Å². The second kappa shape index (κ2) is 5.09. The summed E-state index contributed by atoms with van der Waals surface area (Å²) in [6.45, 7) is 3.90. The third kappa shape index (κ3) is 3.13. The molecule has 6 heteroatoms. The van der Waals surface area contributed by atoms with Gasteiger partial charge in [-0.1, -0.05) is 13.8 Å². The number of carbonyl (C=O) groups is 1. The number of nitrogens with two attached hydrogens (primary N) is 1. The Morgan fingerprint density at radius 2 is 2.00 bits per heavy atom. The molecule has 0 fully saturated rings. The summed E-state index contributed by atoms with van der Waals surface area (Å²) in [7, 11) is 3.67. The van der Waals surface area contributed by atoms with E-state index in [0.717, 1.165) is 0 Å². The minimum absolute atomic E-state index is 0.120. The highest BCUT2D eigenvalue weighted by atomic mass is 16.4. The van der Waals surface area contributed by atoms with Gasteiger partial charge in [0, 0.05) is 26.1 Å². The van der Waals surface area contributed by atoms with Crippen LogP contribution in [0.3, 0.4) is 0 Å². The lowest BCUT2D eigenvalue weighted by Gasteiger charge is -2.16. The molecule has 3 N–H and O–H groups in total. The second-order valence-electron chi connectivity index (χ2n) is 4.37. The molecule has 0 aliphatic rings. The molecule has 0 aliphatic heterocycles. The Bertz CT molecular complexity index is 392. The topological polar surface area (TPSA) is 92.3 Å². The predicted molar refractivity (Wildman–Crippen MR) is 65.0 cm³/mol. The first kappa shape index (κ1) is 13.4. The highest BCUT2D eigenvalue weighted by molar-refractivity contribution is 5.74. The largest absolute Gasteiger partial charge is 0.480 e. The van der Waals surface area contributed by atoms with Crippen LogP contribution in [0.4, 0.5) is 5.82 Å². The van der Waals surface area contributed by atoms with Gasteiger partial charge in [-0.25, -0.2) is 9.97 Å². The number of rotatable bonds is 4. The maximum Gasteiger partial charge on any atom is 0.326 e. The third-order valence-electron chi connectivity index (χ3n) is 2.31. The van der Waals surface area contributed by atoms with Gasteiger partial charge in [-0.15, -0.1) is 0 Å². The fourth-order valence-corrected chi connectivity index (χ4v) is 1.24. The highest BCUT2D eigenvalue weighted by Gasteiger charge is 2.19. The van der Waals surface area contributed by atoms with E-state index in [9.17, 15) is 4.79 Å². The summed E-state index contributed by atoms with van der Waals surface area (Å²) in [5.41, 5.74) is 5.90. The van der Waals surface area contributed by atoms with E-state index in [-0.39, 0.29) is 5.92 Å². The van der Waals surface area contributed by atoms with Gasteiger partial charge in [-0.05, 0) is 0 Å². The first-order valence-corrected chi connectivity index (χ1v) is 5.37. The molecule has 0 amide bonds. The van der Waals surface area contributed by atoms with Gasteiger partial charge in [0.15, 0.2) is 0 Å². The van der Waals surface area contributed by atoms with Crippen LogP contribution in [0, 0.1) is 0 Å². The Balaban J connectivity index is 3.26. The molecule has 6 nitrogen and oxygen atoms in total. The van der Waals surface area contributed by atoms with Gasteiger partial charge in [0.2, 0.25) is 0 Å². The molecular formula is C11H18N4O2. The molecule has 1 aromatic heterocycles. The molecule has 1 atom stereocenters. The van der Waals surface area contributed by atoms with Gasteiger partial charge in [-0.2, -0.15) is 0 Å². The Morgan fingerprint density at radius 3 is 2.41 bits per heavy atom. The lowest BCUT2D eigenvalue weighted by molar-refractivity contribution is -0.138. The molecular weight excluding hydrogens is 220 g/mol. The van der Waals surface area contributed by atoms with Crippen molar-refractivity contribution in [3.8, 4) is 0 Å². The van der Waals surface area contributed by atoms with Crippen LogP contribution in [0.1, 0.15) is 37.3 Å². The molecule has 1 rings (SSSR count). The fraction of sp³-hybridized carbons (Fsp3) is 0.545. The summed E-state index contributed by atoms with van der Waals surface area (Å²) in [5.74, 6) is 0.288. The van der Waals surface area contributed by atoms with Gasteiger partial charge in [-0.3, -0.25) is 4.79 Å². The average Bonchev–Trinajstić information content (AvgIpc) is 2.27. The summed E-state index contributed by atoms with van der Waals surface area (Å²) < 4.78 is 0. The molecule has 0 aromatic carbocycles. The normalized spacial score (nSPS) is 12.6. The number of carboxylic acids is 1. The first-order valence-electron chi connectivity index (χ1n) is 5.37. The van der Waals surface area contributed by atoms with Crippen LogP contribution in [0.5, 0.6) is 0 Å². The quantitative estimate of drug-likeness (QED) is 0.804. The van der Waals surface area contributed by atoms with Crippen molar-refractivity contribution < 1.29 is 9.90 Å². The van der Waals surface area contributed by atoms with E-state index in [2.05, 4.69) is 9.97 Å². The van der Waals surface area contributed by atoms with Crippen LogP contribution in [0.2, 0.25) is 0 Å². The van der Waals surface area contributed by atoms with E-state index >= 15 is 0 Å². The number of aromatic nitrogens is 2. The zero-order chi connectivity index (χ0) is 13.2. The van der Waals surface area contributed by atoms with E-state index in [1.807, 2.05) is 27.9 Å². The van der Waals surface area contributed by atoms with Crippen LogP contribution in [-0.4, -0.2) is 35.1 Å². The van der Waals surface area contributed by atoms with Crippen molar-refractivity contribution in [1.29, 1.82) is 0 Å². The summed E-state index contributed by atoms with van der Waals surface area (Å²) in [5, 5.41) is 8.90. The predicted octanol–water partition coefficient (Wildman–Crippen LogP) is 0.750. The number of nitrogens with zero attached hydrogens (tertiary/aromatic N) is 3. The second-order valence-corrected chi connectivity index (χ2v) is 4.37. The molecule has 0 bridgehead atoms. The first-order chi connectivity index (χ1) is 7.82. The van der Waals surface area contributed by atoms with Crippen molar-refractivity contribution in [2.45, 2.75) is 25.8 Å². The minimum Gasteiger partial charge on any atom is -0.480 e. The van der Waals surface area contributed by atoms with Gasteiger partial charge in [0.05, 0.1) is 5.69 Å². The van der Waals surface area contributed by atoms with Crippen molar-refractivity contribution >= 4 is 11.8 Å². The maximum absolute atomic E-state index is 10.9. The van der Waals surface area contributed by atoms with Crippen LogP contribution in [0.25, 0.3) is 0 Å². The summed E-state index contributed by atoms with van der Waals surface area (Å²) in [6.07, 6.45) is 0. The van der Waals surface area contributed by atoms with Crippen molar-refractivity contribution in [3.63, 3.8) is 0 Å². The van der Waals surface area contributed by atoms with Crippen LogP contribution in [-0.2, 0) is 4.79 Å². The number of carboxylic acid groups (broad SMARTS) is 1. The number of aliphatic carboxylic acids is 1. The van der Waals surface area contributed by atoms with Crippen LogP contribution in [0.15, 0.2) is 6.07 Å². The molecule has 0 saturated carbocycles. The average molecular weight is 238 g/mol. The highest BCUT2D eigenvalue weighted by Crippen LogP contribution is 2.19. The van der Waals surface area contributed by atoms with Gasteiger partial charge in [0.25, 0.3) is 0 Å². The smallest absolute Gasteiger partial charge is 0.326 e. The van der Waals surface area contributed by atoms with Crippen molar-refractivity contribution in [2.75, 3.05) is 19.0 Å². The Labute approximate surface area is 100 Å². The van der Waals surface area contributed by atoms with Crippen LogP contribution >= 0.6 is 0 Å². The maximum atomic E-state index is 10.9. The Hall–Kier alpha value is -1.69. The van der Waals surface area contributed by atoms with Crippen molar-refractivity contribution in [3.05, 3.63) is 17.6 Å². The molecule has 0 radical (unpaired) electrons. The third-order valence-corrected chi connectivity index (χ3v) is 2.31. The van der Waals surface area contributed by atoms with Crippen molar-refractivity contribution in [2.24, 2.45) is 5.73 Å². The molecule has 94 valence electrons. The number of anilines is 1. The lowest BCUT2D eigenvalue weighted by Crippen LogP contribution is -2.24. The molecule has 0 aliphatic carbocycles. The molecule has 0 spiro atoms. The SMILES string of the molecule is CC(C)c1nc(C(N)C(=O)O)cc(N(C)C)n1. The minimum atomic E-state index is -1.12.